The third-order valence-electron chi connectivity index (χ3n) is 3.76. The van der Waals surface area contributed by atoms with Gasteiger partial charge in [0.2, 0.25) is 0 Å². The molecule has 0 spiro atoms. The Bertz CT molecular complexity index is 461. The number of nitrogens with zero attached hydrogens (tertiary/aromatic N) is 1. The van der Waals surface area contributed by atoms with E-state index in [9.17, 15) is 10.2 Å². The fraction of sp³-hybridized carbons (Fsp3) is 0.562. The molecule has 1 saturated carbocycles. The van der Waals surface area contributed by atoms with Crippen LogP contribution in [0.15, 0.2) is 24.3 Å². The summed E-state index contributed by atoms with van der Waals surface area (Å²) in [6, 6.07) is 9.24. The van der Waals surface area contributed by atoms with Gasteiger partial charge in [0.25, 0.3) is 0 Å². The second kappa shape index (κ2) is 7.99. The Morgan fingerprint density at radius 2 is 1.90 bits per heavy atom. The van der Waals surface area contributed by atoms with E-state index in [-0.39, 0.29) is 12.7 Å². The Balaban J connectivity index is 1.65. The minimum absolute atomic E-state index is 0.160. The van der Waals surface area contributed by atoms with Crippen LogP contribution in [0.5, 0.6) is 5.75 Å². The van der Waals surface area contributed by atoms with E-state index in [2.05, 4.69) is 5.32 Å². The molecule has 1 aromatic rings. The zero-order valence-electron chi connectivity index (χ0n) is 12.0. The van der Waals surface area contributed by atoms with Gasteiger partial charge in [-0.1, -0.05) is 0 Å². The molecule has 114 valence electrons. The molecule has 1 aliphatic carbocycles. The molecule has 0 heterocycles. The van der Waals surface area contributed by atoms with Crippen molar-refractivity contribution in [2.45, 2.75) is 43.9 Å². The Morgan fingerprint density at radius 1 is 1.24 bits per heavy atom. The van der Waals surface area contributed by atoms with E-state index in [1.165, 1.54) is 0 Å². The number of hydrogen-bond donors (Lipinski definition) is 3. The summed E-state index contributed by atoms with van der Waals surface area (Å²) in [6.07, 6.45) is 2.82. The number of hydrogen-bond acceptors (Lipinski definition) is 5. The van der Waals surface area contributed by atoms with E-state index in [1.807, 2.05) is 6.07 Å². The highest BCUT2D eigenvalue weighted by molar-refractivity contribution is 5.34. The lowest BCUT2D eigenvalue weighted by Crippen LogP contribution is -2.40. The first-order chi connectivity index (χ1) is 10.2. The molecule has 3 N–H and O–H groups in total. The number of ether oxygens (including phenoxy) is 1. The minimum Gasteiger partial charge on any atom is -0.491 e. The summed E-state index contributed by atoms with van der Waals surface area (Å²) in [7, 11) is 0. The highest BCUT2D eigenvalue weighted by atomic mass is 16.5. The number of benzene rings is 1. The summed E-state index contributed by atoms with van der Waals surface area (Å²) < 4.78 is 5.48. The van der Waals surface area contributed by atoms with Gasteiger partial charge in [-0.25, -0.2) is 0 Å². The van der Waals surface area contributed by atoms with Crippen molar-refractivity contribution < 1.29 is 14.9 Å². The van der Waals surface area contributed by atoms with Crippen LogP contribution >= 0.6 is 0 Å². The van der Waals surface area contributed by atoms with Gasteiger partial charge in [-0.2, -0.15) is 5.26 Å². The largest absolute Gasteiger partial charge is 0.491 e. The lowest BCUT2D eigenvalue weighted by Gasteiger charge is -2.27. The van der Waals surface area contributed by atoms with Gasteiger partial charge in [0.1, 0.15) is 18.5 Å². The van der Waals surface area contributed by atoms with E-state index in [4.69, 9.17) is 10.00 Å². The predicted molar refractivity (Wildman–Crippen MR) is 78.9 cm³/mol. The van der Waals surface area contributed by atoms with Gasteiger partial charge in [0.05, 0.1) is 17.7 Å². The highest BCUT2D eigenvalue weighted by Crippen LogP contribution is 2.18. The molecule has 0 amide bonds. The van der Waals surface area contributed by atoms with Crippen molar-refractivity contribution in [1.29, 1.82) is 5.26 Å². The number of aliphatic hydroxyl groups excluding tert-OH is 2. The summed E-state index contributed by atoms with van der Waals surface area (Å²) in [4.78, 5) is 0. The smallest absolute Gasteiger partial charge is 0.119 e. The van der Waals surface area contributed by atoms with E-state index < -0.39 is 6.10 Å². The van der Waals surface area contributed by atoms with Gasteiger partial charge in [-0.05, 0) is 49.9 Å². The van der Waals surface area contributed by atoms with E-state index in [0.717, 1.165) is 25.7 Å². The first-order valence-electron chi connectivity index (χ1n) is 7.40. The van der Waals surface area contributed by atoms with Crippen molar-refractivity contribution in [3.63, 3.8) is 0 Å². The Labute approximate surface area is 125 Å². The first-order valence-corrected chi connectivity index (χ1v) is 7.40. The van der Waals surface area contributed by atoms with Gasteiger partial charge in [0.15, 0.2) is 0 Å². The summed E-state index contributed by atoms with van der Waals surface area (Å²) in [6.45, 7) is 0.700. The van der Waals surface area contributed by atoms with Crippen LogP contribution in [0.4, 0.5) is 0 Å². The number of aliphatic hydroxyl groups is 2. The zero-order valence-corrected chi connectivity index (χ0v) is 12.0. The SMILES string of the molecule is N#Cc1ccc(OC[C@H](O)CNC2CCC(O)CC2)cc1. The molecule has 2 rings (SSSR count). The van der Waals surface area contributed by atoms with Crippen LogP contribution in [-0.2, 0) is 0 Å². The van der Waals surface area contributed by atoms with Crippen LogP contribution in [0.2, 0.25) is 0 Å². The maximum Gasteiger partial charge on any atom is 0.119 e. The molecule has 21 heavy (non-hydrogen) atoms. The van der Waals surface area contributed by atoms with Crippen molar-refractivity contribution in [3.8, 4) is 11.8 Å². The fourth-order valence-electron chi connectivity index (χ4n) is 2.46. The van der Waals surface area contributed by atoms with Crippen molar-refractivity contribution in [2.24, 2.45) is 0 Å². The number of rotatable bonds is 6. The van der Waals surface area contributed by atoms with E-state index in [0.29, 0.717) is 23.9 Å². The molecular weight excluding hydrogens is 268 g/mol. The Morgan fingerprint density at radius 3 is 2.52 bits per heavy atom. The van der Waals surface area contributed by atoms with Crippen molar-refractivity contribution in [2.75, 3.05) is 13.2 Å². The van der Waals surface area contributed by atoms with Gasteiger partial charge < -0.3 is 20.3 Å². The molecule has 5 heteroatoms. The molecule has 0 bridgehead atoms. The van der Waals surface area contributed by atoms with Gasteiger partial charge >= 0.3 is 0 Å². The quantitative estimate of drug-likeness (QED) is 0.733. The third-order valence-corrected chi connectivity index (χ3v) is 3.76. The number of nitrogens with one attached hydrogen (secondary N) is 1. The lowest BCUT2D eigenvalue weighted by atomic mass is 9.93. The first kappa shape index (κ1) is 15.8. The van der Waals surface area contributed by atoms with Crippen LogP contribution < -0.4 is 10.1 Å². The third kappa shape index (κ3) is 5.35. The second-order valence-electron chi connectivity index (χ2n) is 5.51. The molecule has 0 aliphatic heterocycles. The standard InChI is InChI=1S/C16H22N2O3/c17-9-12-1-7-16(8-2-12)21-11-15(20)10-18-13-3-5-14(19)6-4-13/h1-2,7-8,13-15,18-20H,3-6,10-11H2/t13?,14?,15-/m1/s1. The van der Waals surface area contributed by atoms with Gasteiger partial charge in [-0.15, -0.1) is 0 Å². The van der Waals surface area contributed by atoms with Crippen molar-refractivity contribution in [1.82, 2.24) is 5.32 Å². The Hall–Kier alpha value is -1.61. The fourth-order valence-corrected chi connectivity index (χ4v) is 2.46. The molecule has 0 aromatic heterocycles. The van der Waals surface area contributed by atoms with Crippen LogP contribution in [0, 0.1) is 11.3 Å². The topological polar surface area (TPSA) is 85.5 Å². The maximum absolute atomic E-state index is 9.90. The lowest BCUT2D eigenvalue weighted by molar-refractivity contribution is 0.0901. The maximum atomic E-state index is 9.90. The number of nitriles is 1. The molecule has 1 fully saturated rings. The average Bonchev–Trinajstić information content (AvgIpc) is 2.53. The zero-order chi connectivity index (χ0) is 15.1. The summed E-state index contributed by atoms with van der Waals surface area (Å²) >= 11 is 0. The van der Waals surface area contributed by atoms with Gasteiger partial charge in [-0.3, -0.25) is 0 Å². The molecule has 1 aromatic carbocycles. The van der Waals surface area contributed by atoms with Crippen molar-refractivity contribution >= 4 is 0 Å². The molecule has 1 aliphatic rings. The van der Waals surface area contributed by atoms with E-state index >= 15 is 0 Å². The minimum atomic E-state index is -0.576. The van der Waals surface area contributed by atoms with Crippen LogP contribution in [0.25, 0.3) is 0 Å². The summed E-state index contributed by atoms with van der Waals surface area (Å²) in [5.74, 6) is 0.647. The monoisotopic (exact) mass is 290 g/mol. The molecular formula is C16H22N2O3. The highest BCUT2D eigenvalue weighted by Gasteiger charge is 2.19. The van der Waals surface area contributed by atoms with Crippen LogP contribution in [0.1, 0.15) is 31.2 Å². The molecule has 0 saturated heterocycles. The predicted octanol–water partition coefficient (Wildman–Crippen LogP) is 1.19. The summed E-state index contributed by atoms with van der Waals surface area (Å²) in [5, 5.41) is 31.4. The normalized spacial score (nSPS) is 23.3. The molecule has 5 nitrogen and oxygen atoms in total. The average molecular weight is 290 g/mol. The van der Waals surface area contributed by atoms with Crippen LogP contribution in [-0.4, -0.2) is 41.6 Å². The van der Waals surface area contributed by atoms with Gasteiger partial charge in [0, 0.05) is 12.6 Å². The van der Waals surface area contributed by atoms with Crippen LogP contribution in [0.3, 0.4) is 0 Å². The second-order valence-corrected chi connectivity index (χ2v) is 5.51. The molecule has 0 unspecified atom stereocenters. The van der Waals surface area contributed by atoms with E-state index in [1.54, 1.807) is 24.3 Å². The molecule has 1 atom stereocenters. The van der Waals surface area contributed by atoms with Crippen molar-refractivity contribution in [3.05, 3.63) is 29.8 Å². The Kier molecular flexibility index (Phi) is 6.00. The molecule has 0 radical (unpaired) electrons. The summed E-state index contributed by atoms with van der Waals surface area (Å²) in [5.41, 5.74) is 0.587.